The maximum absolute atomic E-state index is 13.3. The minimum absolute atomic E-state index is 0.104. The van der Waals surface area contributed by atoms with Gasteiger partial charge in [0, 0.05) is 18.5 Å². The van der Waals surface area contributed by atoms with E-state index in [4.69, 9.17) is 0 Å². The summed E-state index contributed by atoms with van der Waals surface area (Å²) < 4.78 is 27.9. The highest BCUT2D eigenvalue weighted by Gasteiger charge is 2.41. The fourth-order valence-electron chi connectivity index (χ4n) is 2.05. The zero-order valence-corrected chi connectivity index (χ0v) is 8.10. The summed E-state index contributed by atoms with van der Waals surface area (Å²) in [6.07, 6.45) is -0.257. The van der Waals surface area contributed by atoms with Gasteiger partial charge in [-0.05, 0) is 25.5 Å². The Bertz CT molecular complexity index is 448. The molecule has 0 bridgehead atoms. The molecule has 0 saturated carbocycles. The lowest BCUT2D eigenvalue weighted by Crippen LogP contribution is -2.24. The van der Waals surface area contributed by atoms with Gasteiger partial charge in [0.1, 0.15) is 0 Å². The maximum Gasteiger partial charge on any atom is 0.289 e. The number of hydrogen-bond donors (Lipinski definition) is 0. The molecule has 2 heterocycles. The summed E-state index contributed by atoms with van der Waals surface area (Å²) in [6.45, 7) is 3.40. The SMILES string of the molecule is Cc1cc(C)c(=O)n2c1C(F)(F)CC2. The quantitative estimate of drug-likeness (QED) is 0.626. The minimum atomic E-state index is -2.84. The highest BCUT2D eigenvalue weighted by molar-refractivity contribution is 5.30. The van der Waals surface area contributed by atoms with Crippen molar-refractivity contribution in [2.75, 3.05) is 0 Å². The average molecular weight is 199 g/mol. The summed E-state index contributed by atoms with van der Waals surface area (Å²) in [4.78, 5) is 11.5. The third-order valence-corrected chi connectivity index (χ3v) is 2.65. The number of pyridine rings is 1. The predicted octanol–water partition coefficient (Wildman–Crippen LogP) is 1.96. The van der Waals surface area contributed by atoms with Crippen molar-refractivity contribution in [1.82, 2.24) is 4.57 Å². The smallest absolute Gasteiger partial charge is 0.289 e. The van der Waals surface area contributed by atoms with Crippen LogP contribution in [-0.4, -0.2) is 4.57 Å². The van der Waals surface area contributed by atoms with E-state index in [0.717, 1.165) is 0 Å². The van der Waals surface area contributed by atoms with Gasteiger partial charge in [-0.15, -0.1) is 0 Å². The molecule has 0 radical (unpaired) electrons. The van der Waals surface area contributed by atoms with Crippen LogP contribution >= 0.6 is 0 Å². The molecule has 0 aliphatic carbocycles. The van der Waals surface area contributed by atoms with Gasteiger partial charge in [0.15, 0.2) is 0 Å². The van der Waals surface area contributed by atoms with Crippen molar-refractivity contribution in [2.45, 2.75) is 32.7 Å². The van der Waals surface area contributed by atoms with Gasteiger partial charge in [0.05, 0.1) is 5.69 Å². The van der Waals surface area contributed by atoms with Gasteiger partial charge in [-0.3, -0.25) is 4.79 Å². The van der Waals surface area contributed by atoms with Gasteiger partial charge in [-0.2, -0.15) is 8.78 Å². The van der Waals surface area contributed by atoms with Crippen LogP contribution in [-0.2, 0) is 12.5 Å². The first-order valence-electron chi connectivity index (χ1n) is 4.53. The highest BCUT2D eigenvalue weighted by atomic mass is 19.3. The Morgan fingerprint density at radius 3 is 2.64 bits per heavy atom. The van der Waals surface area contributed by atoms with E-state index < -0.39 is 5.92 Å². The summed E-state index contributed by atoms with van der Waals surface area (Å²) >= 11 is 0. The Labute approximate surface area is 80.2 Å². The van der Waals surface area contributed by atoms with E-state index in [1.165, 1.54) is 10.6 Å². The van der Waals surface area contributed by atoms with Crippen LogP contribution in [0.1, 0.15) is 23.2 Å². The van der Waals surface area contributed by atoms with Crippen LogP contribution in [0.3, 0.4) is 0 Å². The van der Waals surface area contributed by atoms with E-state index in [-0.39, 0.29) is 24.2 Å². The van der Waals surface area contributed by atoms with Gasteiger partial charge < -0.3 is 4.57 Å². The molecule has 76 valence electrons. The molecule has 0 amide bonds. The number of aryl methyl sites for hydroxylation is 2. The van der Waals surface area contributed by atoms with Gasteiger partial charge in [0.25, 0.3) is 11.5 Å². The van der Waals surface area contributed by atoms with Crippen LogP contribution < -0.4 is 5.56 Å². The molecule has 4 heteroatoms. The van der Waals surface area contributed by atoms with Crippen molar-refractivity contribution in [3.63, 3.8) is 0 Å². The van der Waals surface area contributed by atoms with Crippen molar-refractivity contribution in [1.29, 1.82) is 0 Å². The van der Waals surface area contributed by atoms with Gasteiger partial charge in [-0.25, -0.2) is 0 Å². The molecule has 2 rings (SSSR count). The number of alkyl halides is 2. The Hall–Kier alpha value is -1.19. The average Bonchev–Trinajstić information content (AvgIpc) is 2.38. The zero-order valence-electron chi connectivity index (χ0n) is 8.10. The first-order chi connectivity index (χ1) is 6.43. The predicted molar refractivity (Wildman–Crippen MR) is 48.7 cm³/mol. The lowest BCUT2D eigenvalue weighted by Gasteiger charge is -2.13. The number of hydrogen-bond acceptors (Lipinski definition) is 1. The van der Waals surface area contributed by atoms with Crippen LogP contribution in [0.5, 0.6) is 0 Å². The molecule has 1 aromatic heterocycles. The lowest BCUT2D eigenvalue weighted by molar-refractivity contribution is -0.00287. The van der Waals surface area contributed by atoms with Crippen LogP contribution in [0.25, 0.3) is 0 Å². The third kappa shape index (κ3) is 1.10. The second-order valence-electron chi connectivity index (χ2n) is 3.77. The van der Waals surface area contributed by atoms with E-state index in [9.17, 15) is 13.6 Å². The minimum Gasteiger partial charge on any atom is -0.306 e. The number of rotatable bonds is 0. The normalized spacial score (nSPS) is 18.3. The van der Waals surface area contributed by atoms with E-state index in [1.807, 2.05) is 0 Å². The highest BCUT2D eigenvalue weighted by Crippen LogP contribution is 2.38. The molecule has 0 N–H and O–H groups in total. The summed E-state index contributed by atoms with van der Waals surface area (Å²) in [5.74, 6) is -2.84. The van der Waals surface area contributed by atoms with Crippen LogP contribution in [0, 0.1) is 13.8 Å². The van der Waals surface area contributed by atoms with Crippen molar-refractivity contribution >= 4 is 0 Å². The van der Waals surface area contributed by atoms with Crippen LogP contribution in [0.4, 0.5) is 8.78 Å². The summed E-state index contributed by atoms with van der Waals surface area (Å²) in [7, 11) is 0. The molecule has 14 heavy (non-hydrogen) atoms. The molecule has 0 fully saturated rings. The van der Waals surface area contributed by atoms with E-state index in [0.29, 0.717) is 11.1 Å². The molecule has 0 unspecified atom stereocenters. The first-order valence-corrected chi connectivity index (χ1v) is 4.53. The Balaban J connectivity index is 2.81. The monoisotopic (exact) mass is 199 g/mol. The molecule has 0 spiro atoms. The lowest BCUT2D eigenvalue weighted by atomic mass is 10.1. The van der Waals surface area contributed by atoms with E-state index in [1.54, 1.807) is 13.8 Å². The molecular formula is C10H11F2NO. The largest absolute Gasteiger partial charge is 0.306 e. The second kappa shape index (κ2) is 2.65. The Morgan fingerprint density at radius 1 is 1.36 bits per heavy atom. The van der Waals surface area contributed by atoms with Gasteiger partial charge in [0.2, 0.25) is 0 Å². The Kier molecular flexibility index (Phi) is 1.77. The molecule has 2 nitrogen and oxygen atoms in total. The molecular weight excluding hydrogens is 188 g/mol. The van der Waals surface area contributed by atoms with Crippen molar-refractivity contribution < 1.29 is 8.78 Å². The van der Waals surface area contributed by atoms with E-state index in [2.05, 4.69) is 0 Å². The van der Waals surface area contributed by atoms with Crippen molar-refractivity contribution in [3.05, 3.63) is 33.2 Å². The second-order valence-corrected chi connectivity index (χ2v) is 3.77. The van der Waals surface area contributed by atoms with Gasteiger partial charge >= 0.3 is 0 Å². The first kappa shape index (κ1) is 9.37. The Morgan fingerprint density at radius 2 is 2.00 bits per heavy atom. The summed E-state index contributed by atoms with van der Waals surface area (Å²) in [5.41, 5.74) is 0.643. The van der Waals surface area contributed by atoms with Gasteiger partial charge in [-0.1, -0.05) is 0 Å². The molecule has 1 aliphatic heterocycles. The van der Waals surface area contributed by atoms with Crippen LogP contribution in [0.15, 0.2) is 10.9 Å². The molecule has 1 aliphatic rings. The summed E-state index contributed by atoms with van der Waals surface area (Å²) in [6, 6.07) is 1.54. The summed E-state index contributed by atoms with van der Waals surface area (Å²) in [5, 5.41) is 0. The number of nitrogens with zero attached hydrogens (tertiary/aromatic N) is 1. The molecule has 0 aromatic carbocycles. The number of halogens is 2. The third-order valence-electron chi connectivity index (χ3n) is 2.65. The van der Waals surface area contributed by atoms with Crippen molar-refractivity contribution in [3.8, 4) is 0 Å². The van der Waals surface area contributed by atoms with Crippen molar-refractivity contribution in [2.24, 2.45) is 0 Å². The molecule has 1 aromatic rings. The number of aromatic nitrogens is 1. The maximum atomic E-state index is 13.3. The van der Waals surface area contributed by atoms with E-state index >= 15 is 0 Å². The van der Waals surface area contributed by atoms with Crippen LogP contribution in [0.2, 0.25) is 0 Å². The number of fused-ring (bicyclic) bond motifs is 1. The fourth-order valence-corrected chi connectivity index (χ4v) is 2.05. The standard InChI is InChI=1S/C10H11F2NO/c1-6-5-7(2)9(14)13-4-3-10(11,12)8(6)13/h5H,3-4H2,1-2H3. The fraction of sp³-hybridized carbons (Fsp3) is 0.500. The molecule has 0 saturated heterocycles. The molecule has 0 atom stereocenters. The topological polar surface area (TPSA) is 22.0 Å². The zero-order chi connectivity index (χ0) is 10.5.